The van der Waals surface area contributed by atoms with E-state index in [4.69, 9.17) is 20.9 Å². The summed E-state index contributed by atoms with van der Waals surface area (Å²) in [6, 6.07) is 3.37. The minimum atomic E-state index is -0.628. The average Bonchev–Trinajstić information content (AvgIpc) is 2.45. The van der Waals surface area contributed by atoms with Crippen molar-refractivity contribution in [2.75, 3.05) is 27.3 Å². The number of carbonyl (C=O) groups is 1. The van der Waals surface area contributed by atoms with Crippen LogP contribution in [0.25, 0.3) is 0 Å². The van der Waals surface area contributed by atoms with Gasteiger partial charge >= 0.3 is 0 Å². The highest BCUT2D eigenvalue weighted by Crippen LogP contribution is 2.33. The quantitative estimate of drug-likeness (QED) is 0.784. The van der Waals surface area contributed by atoms with E-state index in [0.29, 0.717) is 12.3 Å². The molecule has 1 amide bonds. The number of rotatable bonds is 5. The molecule has 1 aromatic rings. The van der Waals surface area contributed by atoms with Crippen molar-refractivity contribution in [1.82, 2.24) is 4.90 Å². The van der Waals surface area contributed by atoms with Gasteiger partial charge in [-0.3, -0.25) is 9.69 Å². The first-order valence-electron chi connectivity index (χ1n) is 6.56. The maximum Gasteiger partial charge on any atom is 0.235 e. The van der Waals surface area contributed by atoms with E-state index in [0.717, 1.165) is 25.3 Å². The number of hydrogen-bond acceptors (Lipinski definition) is 5. The fourth-order valence-electron chi connectivity index (χ4n) is 2.47. The van der Waals surface area contributed by atoms with Crippen molar-refractivity contribution in [1.29, 1.82) is 0 Å². The molecule has 0 aliphatic carbocycles. The maximum atomic E-state index is 11.0. The zero-order valence-electron chi connectivity index (χ0n) is 11.9. The molecule has 2 rings (SSSR count). The lowest BCUT2D eigenvalue weighted by molar-refractivity contribution is -0.119. The summed E-state index contributed by atoms with van der Waals surface area (Å²) in [6.07, 6.45) is 0.890. The van der Waals surface area contributed by atoms with Crippen LogP contribution in [0.5, 0.6) is 11.5 Å². The van der Waals surface area contributed by atoms with Crippen molar-refractivity contribution < 1.29 is 14.3 Å². The number of benzene rings is 1. The molecule has 110 valence electrons. The van der Waals surface area contributed by atoms with Crippen molar-refractivity contribution in [2.24, 2.45) is 11.5 Å². The van der Waals surface area contributed by atoms with Crippen molar-refractivity contribution in [3.63, 3.8) is 0 Å². The Morgan fingerprint density at radius 1 is 1.30 bits per heavy atom. The molecule has 0 radical (unpaired) electrons. The van der Waals surface area contributed by atoms with E-state index in [1.165, 1.54) is 11.1 Å². The molecule has 0 saturated heterocycles. The molecule has 4 N–H and O–H groups in total. The van der Waals surface area contributed by atoms with E-state index in [9.17, 15) is 4.79 Å². The Morgan fingerprint density at radius 3 is 2.45 bits per heavy atom. The second kappa shape index (κ2) is 6.11. The molecule has 20 heavy (non-hydrogen) atoms. The first-order valence-corrected chi connectivity index (χ1v) is 6.56. The van der Waals surface area contributed by atoms with Gasteiger partial charge in [0, 0.05) is 19.6 Å². The SMILES string of the molecule is COc1cc2c(cc1OC)CN(CC(N)C(N)=O)CC2. The Labute approximate surface area is 118 Å². The monoisotopic (exact) mass is 279 g/mol. The molecule has 6 heteroatoms. The molecule has 1 aliphatic heterocycles. The van der Waals surface area contributed by atoms with Crippen LogP contribution in [0.3, 0.4) is 0 Å². The minimum Gasteiger partial charge on any atom is -0.493 e. The minimum absolute atomic E-state index is 0.469. The number of nitrogens with two attached hydrogens (primary N) is 2. The van der Waals surface area contributed by atoms with E-state index in [1.807, 2.05) is 12.1 Å². The Bertz CT molecular complexity index is 505. The Kier molecular flexibility index (Phi) is 4.46. The summed E-state index contributed by atoms with van der Waals surface area (Å²) in [5.74, 6) is 0.990. The highest BCUT2D eigenvalue weighted by atomic mass is 16.5. The van der Waals surface area contributed by atoms with Crippen molar-refractivity contribution in [2.45, 2.75) is 19.0 Å². The number of hydrogen-bond donors (Lipinski definition) is 2. The number of primary amides is 1. The summed E-state index contributed by atoms with van der Waals surface area (Å²) < 4.78 is 10.6. The van der Waals surface area contributed by atoms with Gasteiger partial charge < -0.3 is 20.9 Å². The normalized spacial score (nSPS) is 16.4. The third kappa shape index (κ3) is 3.02. The Hall–Kier alpha value is -1.79. The van der Waals surface area contributed by atoms with Gasteiger partial charge in [-0.2, -0.15) is 0 Å². The molecule has 1 aromatic carbocycles. The van der Waals surface area contributed by atoms with Gasteiger partial charge in [-0.25, -0.2) is 0 Å². The zero-order valence-corrected chi connectivity index (χ0v) is 11.9. The summed E-state index contributed by atoms with van der Waals surface area (Å²) in [7, 11) is 3.25. The number of fused-ring (bicyclic) bond motifs is 1. The molecular formula is C14H21N3O3. The van der Waals surface area contributed by atoms with E-state index < -0.39 is 11.9 Å². The lowest BCUT2D eigenvalue weighted by atomic mass is 9.98. The number of nitrogens with zero attached hydrogens (tertiary/aromatic N) is 1. The molecule has 6 nitrogen and oxygen atoms in total. The van der Waals surface area contributed by atoms with E-state index >= 15 is 0 Å². The molecule has 0 saturated carbocycles. The molecule has 1 unspecified atom stereocenters. The molecule has 1 heterocycles. The van der Waals surface area contributed by atoms with Crippen LogP contribution in [0.2, 0.25) is 0 Å². The molecule has 1 aliphatic rings. The zero-order chi connectivity index (χ0) is 14.7. The molecule has 0 spiro atoms. The van der Waals surface area contributed by atoms with Gasteiger partial charge in [0.25, 0.3) is 0 Å². The fourth-order valence-corrected chi connectivity index (χ4v) is 2.47. The molecule has 0 bridgehead atoms. The van der Waals surface area contributed by atoms with Crippen LogP contribution in [-0.4, -0.2) is 44.2 Å². The number of ether oxygens (including phenoxy) is 2. The predicted octanol–water partition coefficient (Wildman–Crippen LogP) is -0.125. The van der Waals surface area contributed by atoms with Crippen LogP contribution in [0.15, 0.2) is 12.1 Å². The Balaban J connectivity index is 2.15. The van der Waals surface area contributed by atoms with Crippen LogP contribution in [-0.2, 0) is 17.8 Å². The second-order valence-electron chi connectivity index (χ2n) is 4.97. The summed E-state index contributed by atoms with van der Waals surface area (Å²) in [4.78, 5) is 13.2. The van der Waals surface area contributed by atoms with E-state index in [-0.39, 0.29) is 0 Å². The first kappa shape index (κ1) is 14.6. The third-order valence-corrected chi connectivity index (χ3v) is 3.62. The van der Waals surface area contributed by atoms with Gasteiger partial charge in [0.15, 0.2) is 11.5 Å². The van der Waals surface area contributed by atoms with Crippen molar-refractivity contribution in [3.05, 3.63) is 23.3 Å². The highest BCUT2D eigenvalue weighted by molar-refractivity contribution is 5.79. The van der Waals surface area contributed by atoms with Crippen molar-refractivity contribution in [3.8, 4) is 11.5 Å². The third-order valence-electron chi connectivity index (χ3n) is 3.62. The van der Waals surface area contributed by atoms with Gasteiger partial charge in [0.1, 0.15) is 0 Å². The Morgan fingerprint density at radius 2 is 1.90 bits per heavy atom. The fraction of sp³-hybridized carbons (Fsp3) is 0.500. The van der Waals surface area contributed by atoms with Gasteiger partial charge in [-0.05, 0) is 29.7 Å². The average molecular weight is 279 g/mol. The van der Waals surface area contributed by atoms with Gasteiger partial charge in [-0.1, -0.05) is 0 Å². The first-order chi connectivity index (χ1) is 9.55. The summed E-state index contributed by atoms with van der Waals surface area (Å²) >= 11 is 0. The van der Waals surface area contributed by atoms with Gasteiger partial charge in [-0.15, -0.1) is 0 Å². The van der Waals surface area contributed by atoms with Crippen molar-refractivity contribution >= 4 is 5.91 Å². The van der Waals surface area contributed by atoms with Gasteiger partial charge in [0.05, 0.1) is 20.3 Å². The van der Waals surface area contributed by atoms with E-state index in [2.05, 4.69) is 4.90 Å². The number of amides is 1. The second-order valence-corrected chi connectivity index (χ2v) is 4.97. The molecule has 1 atom stereocenters. The smallest absolute Gasteiger partial charge is 0.235 e. The van der Waals surface area contributed by atoms with E-state index in [1.54, 1.807) is 14.2 Å². The van der Waals surface area contributed by atoms with Gasteiger partial charge in [0.2, 0.25) is 5.91 Å². The molecular weight excluding hydrogens is 258 g/mol. The lowest BCUT2D eigenvalue weighted by Crippen LogP contribution is -2.47. The lowest BCUT2D eigenvalue weighted by Gasteiger charge is -2.30. The predicted molar refractivity (Wildman–Crippen MR) is 75.7 cm³/mol. The highest BCUT2D eigenvalue weighted by Gasteiger charge is 2.22. The van der Waals surface area contributed by atoms with Crippen LogP contribution in [0.1, 0.15) is 11.1 Å². The van der Waals surface area contributed by atoms with Crippen LogP contribution in [0, 0.1) is 0 Å². The summed E-state index contributed by atoms with van der Waals surface area (Å²) in [5.41, 5.74) is 13.3. The van der Waals surface area contributed by atoms with Crippen LogP contribution >= 0.6 is 0 Å². The molecule has 0 aromatic heterocycles. The topological polar surface area (TPSA) is 90.8 Å². The standard InChI is InChI=1S/C14H21N3O3/c1-19-12-5-9-3-4-17(8-11(15)14(16)18)7-10(9)6-13(12)20-2/h5-6,11H,3-4,7-8,15H2,1-2H3,(H2,16,18). The number of methoxy groups -OCH3 is 2. The summed E-state index contributed by atoms with van der Waals surface area (Å²) in [5, 5.41) is 0. The van der Waals surface area contributed by atoms with Crippen LogP contribution < -0.4 is 20.9 Å². The van der Waals surface area contributed by atoms with Crippen LogP contribution in [0.4, 0.5) is 0 Å². The molecule has 0 fully saturated rings. The number of carbonyl (C=O) groups excluding carboxylic acids is 1. The maximum absolute atomic E-state index is 11.0. The summed E-state index contributed by atoms with van der Waals surface area (Å²) in [6.45, 7) is 2.06. The largest absolute Gasteiger partial charge is 0.493 e.